The summed E-state index contributed by atoms with van der Waals surface area (Å²) >= 11 is 0. The first kappa shape index (κ1) is 30.4. The number of rotatable bonds is 8. The van der Waals surface area contributed by atoms with Crippen LogP contribution in [0.25, 0.3) is 22.2 Å². The van der Waals surface area contributed by atoms with Gasteiger partial charge in [0.25, 0.3) is 5.91 Å². The first-order valence-electron chi connectivity index (χ1n) is 14.0. The molecule has 2 aliphatic rings. The number of carbonyl (C=O) groups is 2. The fourth-order valence-electron chi connectivity index (χ4n) is 5.12. The number of Topliss-reactive ketones (excluding diaryl/α,β-unsaturated/α-hetero) is 1. The molecule has 1 aliphatic carbocycles. The van der Waals surface area contributed by atoms with Gasteiger partial charge >= 0.3 is 6.18 Å². The average molecular weight is 628 g/mol. The maximum Gasteiger partial charge on any atom is 0.424 e. The van der Waals surface area contributed by atoms with E-state index in [0.717, 1.165) is 37.1 Å². The normalized spacial score (nSPS) is 19.0. The number of nitrogens with zero attached hydrogens (tertiary/aromatic N) is 2. The molecule has 1 saturated carbocycles. The summed E-state index contributed by atoms with van der Waals surface area (Å²) in [5.41, 5.74) is -6.27. The van der Waals surface area contributed by atoms with Crippen LogP contribution in [-0.4, -0.2) is 52.2 Å². The minimum absolute atomic E-state index is 0.0300. The Bertz CT molecular complexity index is 1860. The Kier molecular flexibility index (Phi) is 7.26. The predicted octanol–water partition coefficient (Wildman–Crippen LogP) is 5.54. The molecule has 2 atom stereocenters. The van der Waals surface area contributed by atoms with Crippen molar-refractivity contribution < 1.29 is 46.1 Å². The van der Waals surface area contributed by atoms with Crippen molar-refractivity contribution in [1.82, 2.24) is 15.3 Å². The number of alkyl halides is 3. The van der Waals surface area contributed by atoms with Gasteiger partial charge in [-0.05, 0) is 69.2 Å². The molecular weight excluding hydrogens is 601 g/mol. The molecule has 6 rings (SSSR count). The molecular formula is C32H26F5N3O5. The van der Waals surface area contributed by atoms with Crippen LogP contribution in [0.2, 0.25) is 0 Å². The Morgan fingerprint density at radius 3 is 2.53 bits per heavy atom. The molecule has 8 nitrogen and oxygen atoms in total. The number of nitrogens with one attached hydrogen (secondary N) is 1. The molecule has 45 heavy (non-hydrogen) atoms. The van der Waals surface area contributed by atoms with Crippen molar-refractivity contribution in [3.05, 3.63) is 83.2 Å². The Balaban J connectivity index is 1.41. The lowest BCUT2D eigenvalue weighted by molar-refractivity contribution is -0.265. The van der Waals surface area contributed by atoms with Crippen LogP contribution in [0.4, 0.5) is 22.0 Å². The average Bonchev–Trinajstić information content (AvgIpc) is 3.75. The fourth-order valence-corrected chi connectivity index (χ4v) is 5.12. The van der Waals surface area contributed by atoms with Gasteiger partial charge in [-0.15, -0.1) is 0 Å². The first-order chi connectivity index (χ1) is 21.2. The summed E-state index contributed by atoms with van der Waals surface area (Å²) in [7, 11) is 0. The van der Waals surface area contributed by atoms with Crippen LogP contribution < -0.4 is 14.8 Å². The molecule has 2 N–H and O–H groups in total. The summed E-state index contributed by atoms with van der Waals surface area (Å²) in [5.74, 6) is -3.70. The number of ketones is 1. The molecule has 1 unspecified atom stereocenters. The number of hydrogen-bond donors (Lipinski definition) is 2. The van der Waals surface area contributed by atoms with Gasteiger partial charge in [-0.25, -0.2) is 13.8 Å². The third kappa shape index (κ3) is 5.34. The second-order valence-electron chi connectivity index (χ2n) is 11.4. The van der Waals surface area contributed by atoms with E-state index in [0.29, 0.717) is 16.7 Å². The summed E-state index contributed by atoms with van der Waals surface area (Å²) < 4.78 is 83.7. The maximum atomic E-state index is 14.7. The molecule has 0 radical (unpaired) electrons. The quantitative estimate of drug-likeness (QED) is 0.247. The van der Waals surface area contributed by atoms with Gasteiger partial charge < -0.3 is 19.9 Å². The molecule has 2 aromatic carbocycles. The number of benzene rings is 2. The Morgan fingerprint density at radius 2 is 1.87 bits per heavy atom. The first-order valence-corrected chi connectivity index (χ1v) is 14.0. The van der Waals surface area contributed by atoms with E-state index in [4.69, 9.17) is 9.47 Å². The molecule has 1 amide bonds. The van der Waals surface area contributed by atoms with Crippen molar-refractivity contribution >= 4 is 22.6 Å². The van der Waals surface area contributed by atoms with Gasteiger partial charge in [0.2, 0.25) is 5.60 Å². The summed E-state index contributed by atoms with van der Waals surface area (Å²) in [6.07, 6.45) is -2.27. The number of fused-ring (bicyclic) bond motifs is 2. The lowest BCUT2D eigenvalue weighted by atomic mass is 9.79. The zero-order valence-electron chi connectivity index (χ0n) is 24.0. The van der Waals surface area contributed by atoms with Crippen molar-refractivity contribution in [2.45, 2.75) is 50.0 Å². The van der Waals surface area contributed by atoms with Crippen LogP contribution in [0.15, 0.2) is 54.7 Å². The van der Waals surface area contributed by atoms with Crippen LogP contribution in [0, 0.1) is 11.6 Å². The van der Waals surface area contributed by atoms with Crippen LogP contribution >= 0.6 is 0 Å². The topological polar surface area (TPSA) is 111 Å². The lowest BCUT2D eigenvalue weighted by Crippen LogP contribution is -2.51. The molecule has 1 fully saturated rings. The van der Waals surface area contributed by atoms with Crippen LogP contribution in [0.1, 0.15) is 48.3 Å². The highest BCUT2D eigenvalue weighted by molar-refractivity contribution is 6.00. The Morgan fingerprint density at radius 1 is 1.11 bits per heavy atom. The molecule has 234 valence electrons. The van der Waals surface area contributed by atoms with E-state index in [9.17, 15) is 36.6 Å². The molecule has 4 aromatic rings. The van der Waals surface area contributed by atoms with Gasteiger partial charge in [0.1, 0.15) is 35.1 Å². The number of hydrogen-bond acceptors (Lipinski definition) is 7. The van der Waals surface area contributed by atoms with Crippen molar-refractivity contribution in [2.75, 3.05) is 13.2 Å². The van der Waals surface area contributed by atoms with Crippen molar-refractivity contribution in [1.29, 1.82) is 0 Å². The van der Waals surface area contributed by atoms with E-state index in [2.05, 4.69) is 15.3 Å². The fraction of sp³-hybridized carbons (Fsp3) is 0.312. The molecule has 3 heterocycles. The summed E-state index contributed by atoms with van der Waals surface area (Å²) in [6.45, 7) is 1.04. The predicted molar refractivity (Wildman–Crippen MR) is 151 cm³/mol. The van der Waals surface area contributed by atoms with E-state index in [1.165, 1.54) is 26.0 Å². The van der Waals surface area contributed by atoms with Gasteiger partial charge in [-0.3, -0.25) is 14.6 Å². The number of aromatic nitrogens is 2. The third-order valence-corrected chi connectivity index (χ3v) is 8.19. The van der Waals surface area contributed by atoms with Crippen molar-refractivity contribution in [3.8, 4) is 22.8 Å². The molecule has 0 saturated heterocycles. The number of ether oxygens (including phenoxy) is 2. The van der Waals surface area contributed by atoms with Gasteiger partial charge in [-0.2, -0.15) is 13.2 Å². The number of halogens is 5. The van der Waals surface area contributed by atoms with E-state index in [1.807, 2.05) is 0 Å². The van der Waals surface area contributed by atoms with Crippen LogP contribution in [0.5, 0.6) is 11.5 Å². The zero-order chi connectivity index (χ0) is 32.3. The van der Waals surface area contributed by atoms with Crippen LogP contribution in [-0.2, 0) is 15.8 Å². The highest BCUT2D eigenvalue weighted by atomic mass is 19.4. The zero-order valence-corrected chi connectivity index (χ0v) is 24.0. The van der Waals surface area contributed by atoms with E-state index in [1.54, 1.807) is 18.3 Å². The van der Waals surface area contributed by atoms with Gasteiger partial charge in [-0.1, -0.05) is 6.07 Å². The minimum atomic E-state index is -5.40. The van der Waals surface area contributed by atoms with E-state index in [-0.39, 0.29) is 40.8 Å². The SMILES string of the molecule is CC(=O)[C@@]1(C)COc2c1cc(C(O)(CNC(=O)c1cc(OC3CC3)c3ncccc3c1)C(F)(F)F)nc2-c1ccc(F)c(F)c1. The van der Waals surface area contributed by atoms with Gasteiger partial charge in [0, 0.05) is 28.3 Å². The van der Waals surface area contributed by atoms with Gasteiger partial charge in [0.05, 0.1) is 23.8 Å². The summed E-state index contributed by atoms with van der Waals surface area (Å²) in [4.78, 5) is 34.2. The van der Waals surface area contributed by atoms with Gasteiger partial charge in [0.15, 0.2) is 11.6 Å². The highest BCUT2D eigenvalue weighted by Gasteiger charge is 2.57. The van der Waals surface area contributed by atoms with E-state index >= 15 is 0 Å². The molecule has 0 spiro atoms. The number of carbonyl (C=O) groups excluding carboxylic acids is 2. The molecule has 2 aromatic heterocycles. The maximum absolute atomic E-state index is 14.7. The largest absolute Gasteiger partial charge is 0.490 e. The second kappa shape index (κ2) is 10.8. The second-order valence-corrected chi connectivity index (χ2v) is 11.4. The number of amides is 1. The Hall–Kier alpha value is -4.65. The smallest absolute Gasteiger partial charge is 0.424 e. The Labute approximate surface area is 253 Å². The minimum Gasteiger partial charge on any atom is -0.490 e. The van der Waals surface area contributed by atoms with Crippen molar-refractivity contribution in [3.63, 3.8) is 0 Å². The molecule has 13 heteroatoms. The number of aliphatic hydroxyl groups is 1. The standard InChI is InChI=1S/C32H26F5N3O5/c1-16(41)30(2)15-44-28-21(30)13-25(40-27(28)18-5-8-22(33)23(34)11-18)31(43,32(35,36)37)14-39-29(42)19-10-17-4-3-9-38-26(17)24(12-19)45-20-6-7-20/h3-5,8-13,20,43H,6-7,14-15H2,1-2H3,(H,39,42)/t30-,31?/m1/s1. The van der Waals surface area contributed by atoms with Crippen molar-refractivity contribution in [2.24, 2.45) is 0 Å². The van der Waals surface area contributed by atoms with Crippen LogP contribution in [0.3, 0.4) is 0 Å². The summed E-state index contributed by atoms with van der Waals surface area (Å²) in [6, 6.07) is 9.59. The van der Waals surface area contributed by atoms with E-state index < -0.39 is 52.8 Å². The summed E-state index contributed by atoms with van der Waals surface area (Å²) in [5, 5.41) is 14.0. The number of pyridine rings is 2. The third-order valence-electron chi connectivity index (χ3n) is 8.19. The molecule has 0 bridgehead atoms. The monoisotopic (exact) mass is 627 g/mol. The highest BCUT2D eigenvalue weighted by Crippen LogP contribution is 2.48. The lowest BCUT2D eigenvalue weighted by Gasteiger charge is -2.31. The molecule has 1 aliphatic heterocycles.